The van der Waals surface area contributed by atoms with E-state index in [1.807, 2.05) is 0 Å². The van der Waals surface area contributed by atoms with Crippen molar-refractivity contribution in [1.82, 2.24) is 10.7 Å². The van der Waals surface area contributed by atoms with Gasteiger partial charge < -0.3 is 5.32 Å². The highest BCUT2D eigenvalue weighted by Crippen LogP contribution is 2.44. The number of hydrazine groups is 1. The number of hydrogen-bond acceptors (Lipinski definition) is 5. The van der Waals surface area contributed by atoms with Crippen molar-refractivity contribution in [3.63, 3.8) is 0 Å². The first-order valence-electron chi connectivity index (χ1n) is 10.3. The first kappa shape index (κ1) is 29.4. The van der Waals surface area contributed by atoms with Gasteiger partial charge in [0, 0.05) is 12.1 Å². The lowest BCUT2D eigenvalue weighted by Gasteiger charge is -2.26. The molecular formula is C21H12Cl2F10N5P. The van der Waals surface area contributed by atoms with Crippen molar-refractivity contribution in [2.45, 2.75) is 30.7 Å². The van der Waals surface area contributed by atoms with Gasteiger partial charge in [0.15, 0.2) is 5.71 Å². The van der Waals surface area contributed by atoms with Crippen LogP contribution in [0.5, 0.6) is 0 Å². The predicted molar refractivity (Wildman–Crippen MR) is 127 cm³/mol. The predicted octanol–water partition coefficient (Wildman–Crippen LogP) is 6.83. The van der Waals surface area contributed by atoms with Crippen LogP contribution in [0.25, 0.3) is 0 Å². The monoisotopic (exact) mass is 625 g/mol. The second-order valence-corrected chi connectivity index (χ2v) is 9.54. The minimum atomic E-state index is -5.35. The van der Waals surface area contributed by atoms with Crippen molar-refractivity contribution in [2.24, 2.45) is 9.98 Å². The molecule has 5 nitrogen and oxygen atoms in total. The number of alkyl halides is 8. The average molecular weight is 626 g/mol. The molecule has 2 unspecified atom stereocenters. The molecule has 2 heterocycles. The summed E-state index contributed by atoms with van der Waals surface area (Å²) in [5.74, 6) is -4.41. The molecule has 2 atom stereocenters. The van der Waals surface area contributed by atoms with Crippen molar-refractivity contribution in [3.05, 3.63) is 74.5 Å². The van der Waals surface area contributed by atoms with E-state index in [4.69, 9.17) is 23.2 Å². The molecule has 2 aromatic carbocycles. The standard InChI is InChI=1S/C21H12Cl2F10N5P/c22-9-4-7(19(26,27)28)5-10(23)14(9)38-17(34-6-8-11(24)2-1-3-12(8)25)13-15(20(29,30)31)35-18(21(32,33)39)36-16(13)37-38/h1-5,16,34,37H,6,39H2. The fraction of sp³-hybridized carbons (Fsp3) is 0.238. The minimum absolute atomic E-state index is 0.426. The number of anilines is 1. The van der Waals surface area contributed by atoms with Gasteiger partial charge >= 0.3 is 18.0 Å². The van der Waals surface area contributed by atoms with Crippen molar-refractivity contribution < 1.29 is 43.9 Å². The number of fused-ring (bicyclic) bond motifs is 1. The molecule has 2 aliphatic rings. The molecule has 4 rings (SSSR count). The number of benzene rings is 2. The van der Waals surface area contributed by atoms with Gasteiger partial charge in [-0.05, 0) is 24.3 Å². The Morgan fingerprint density at radius 2 is 1.51 bits per heavy atom. The second kappa shape index (κ2) is 10.1. The van der Waals surface area contributed by atoms with Crippen LogP contribution in [0, 0.1) is 11.6 Å². The summed E-state index contributed by atoms with van der Waals surface area (Å²) in [6.07, 6.45) is -12.2. The van der Waals surface area contributed by atoms with Gasteiger partial charge in [0.25, 0.3) is 0 Å². The lowest BCUT2D eigenvalue weighted by atomic mass is 10.1. The molecule has 0 saturated heterocycles. The summed E-state index contributed by atoms with van der Waals surface area (Å²) < 4.78 is 138. The molecule has 0 aromatic heterocycles. The van der Waals surface area contributed by atoms with Gasteiger partial charge in [-0.25, -0.2) is 18.8 Å². The number of rotatable bonds is 5. The van der Waals surface area contributed by atoms with E-state index >= 15 is 0 Å². The van der Waals surface area contributed by atoms with Gasteiger partial charge in [0.05, 0.1) is 26.9 Å². The van der Waals surface area contributed by atoms with E-state index in [-0.39, 0.29) is 0 Å². The Morgan fingerprint density at radius 3 is 2.00 bits per heavy atom. The highest BCUT2D eigenvalue weighted by molar-refractivity contribution is 7.20. The van der Waals surface area contributed by atoms with Crippen LogP contribution < -0.4 is 15.8 Å². The van der Waals surface area contributed by atoms with Gasteiger partial charge in [-0.15, -0.1) is 0 Å². The molecule has 39 heavy (non-hydrogen) atoms. The third kappa shape index (κ3) is 5.81. The van der Waals surface area contributed by atoms with Crippen molar-refractivity contribution in [1.29, 1.82) is 0 Å². The third-order valence-corrected chi connectivity index (χ3v) is 6.19. The third-order valence-electron chi connectivity index (χ3n) is 5.36. The van der Waals surface area contributed by atoms with Crippen LogP contribution in [0.3, 0.4) is 0 Å². The van der Waals surface area contributed by atoms with Crippen LogP contribution in [0.4, 0.5) is 49.6 Å². The first-order valence-corrected chi connectivity index (χ1v) is 11.7. The summed E-state index contributed by atoms with van der Waals surface area (Å²) in [4.78, 5) is 6.47. The highest BCUT2D eigenvalue weighted by Gasteiger charge is 2.51. The van der Waals surface area contributed by atoms with Crippen molar-refractivity contribution in [2.75, 3.05) is 5.01 Å². The molecule has 2 aliphatic heterocycles. The van der Waals surface area contributed by atoms with Crippen LogP contribution in [0.15, 0.2) is 51.7 Å². The molecule has 0 saturated carbocycles. The minimum Gasteiger partial charge on any atom is -0.366 e. The van der Waals surface area contributed by atoms with E-state index in [1.54, 1.807) is 0 Å². The molecule has 0 bridgehead atoms. The maximum atomic E-state index is 14.2. The Kier molecular flexibility index (Phi) is 7.60. The largest absolute Gasteiger partial charge is 0.433 e. The molecule has 0 aliphatic carbocycles. The molecule has 0 spiro atoms. The SMILES string of the molecule is Fc1cccc(F)c1CNC1=C2C(C(F)(F)F)=NC(C(F)(F)P)=NC2NN1c1c(Cl)cc(C(F)(F)F)cc1Cl. The zero-order valence-electron chi connectivity index (χ0n) is 18.6. The molecule has 0 radical (unpaired) electrons. The summed E-state index contributed by atoms with van der Waals surface area (Å²) in [7, 11) is 0.983. The van der Waals surface area contributed by atoms with Gasteiger partial charge in [0.2, 0.25) is 5.84 Å². The van der Waals surface area contributed by atoms with E-state index in [1.165, 1.54) is 0 Å². The Hall–Kier alpha value is -2.61. The van der Waals surface area contributed by atoms with E-state index in [0.29, 0.717) is 17.1 Å². The van der Waals surface area contributed by atoms with Crippen LogP contribution >= 0.6 is 32.4 Å². The van der Waals surface area contributed by atoms with Gasteiger partial charge in [-0.1, -0.05) is 38.5 Å². The van der Waals surface area contributed by atoms with E-state index in [0.717, 1.165) is 27.4 Å². The lowest BCUT2D eigenvalue weighted by Crippen LogP contribution is -2.43. The Balaban J connectivity index is 1.92. The molecule has 210 valence electrons. The topological polar surface area (TPSA) is 52.0 Å². The second-order valence-electron chi connectivity index (χ2n) is 8.00. The maximum absolute atomic E-state index is 14.2. The summed E-state index contributed by atoms with van der Waals surface area (Å²) in [5, 5.41) is 1.55. The molecule has 0 amide bonds. The Bertz CT molecular complexity index is 1370. The van der Waals surface area contributed by atoms with E-state index in [2.05, 4.69) is 20.7 Å². The number of aliphatic imine (C=N–C) groups is 2. The summed E-state index contributed by atoms with van der Waals surface area (Å²) >= 11 is 12.1. The smallest absolute Gasteiger partial charge is 0.366 e. The average Bonchev–Trinajstić information content (AvgIpc) is 3.13. The zero-order chi connectivity index (χ0) is 29.1. The number of nitrogens with zero attached hydrogens (tertiary/aromatic N) is 3. The van der Waals surface area contributed by atoms with E-state index in [9.17, 15) is 43.9 Å². The van der Waals surface area contributed by atoms with Gasteiger partial charge in [-0.3, -0.25) is 5.01 Å². The lowest BCUT2D eigenvalue weighted by molar-refractivity contribution is -0.137. The summed E-state index contributed by atoms with van der Waals surface area (Å²) in [6.45, 7) is -0.806. The van der Waals surface area contributed by atoms with Crippen molar-refractivity contribution in [3.8, 4) is 0 Å². The Labute approximate surface area is 224 Å². The highest BCUT2D eigenvalue weighted by atomic mass is 35.5. The van der Waals surface area contributed by atoms with Crippen LogP contribution in [0.2, 0.25) is 10.0 Å². The molecular weight excluding hydrogens is 614 g/mol. The fourth-order valence-electron chi connectivity index (χ4n) is 3.70. The maximum Gasteiger partial charge on any atom is 0.433 e. The van der Waals surface area contributed by atoms with E-state index < -0.39 is 92.2 Å². The number of halogens is 12. The van der Waals surface area contributed by atoms with Gasteiger partial charge in [0.1, 0.15) is 23.6 Å². The zero-order valence-corrected chi connectivity index (χ0v) is 21.3. The van der Waals surface area contributed by atoms with Crippen LogP contribution in [0.1, 0.15) is 11.1 Å². The summed E-state index contributed by atoms with van der Waals surface area (Å²) in [6, 6.07) is 3.63. The van der Waals surface area contributed by atoms with Crippen LogP contribution in [-0.2, 0) is 12.7 Å². The number of amidine groups is 1. The number of hydrogen-bond donors (Lipinski definition) is 2. The molecule has 2 aromatic rings. The fourth-order valence-corrected chi connectivity index (χ4v) is 4.49. The van der Waals surface area contributed by atoms with Crippen LogP contribution in [-0.4, -0.2) is 29.6 Å². The number of nitrogens with one attached hydrogen (secondary N) is 2. The van der Waals surface area contributed by atoms with Crippen molar-refractivity contribution >= 4 is 49.7 Å². The normalized spacial score (nSPS) is 18.3. The molecule has 2 N–H and O–H groups in total. The first-order chi connectivity index (χ1) is 17.9. The molecule has 0 fully saturated rings. The van der Waals surface area contributed by atoms with Gasteiger partial charge in [-0.2, -0.15) is 40.5 Å². The quantitative estimate of drug-likeness (QED) is 0.283. The summed E-state index contributed by atoms with van der Waals surface area (Å²) in [5.41, 5.74) is -6.92. The Morgan fingerprint density at radius 1 is 0.949 bits per heavy atom. The molecule has 18 heteroatoms.